The molecule has 2 nitrogen and oxygen atoms in total. The van der Waals surface area contributed by atoms with E-state index in [2.05, 4.69) is 229 Å². The molecule has 0 saturated carbocycles. The maximum absolute atomic E-state index is 6.27. The SMILES string of the molecule is c1ccc(N(c2ccc(-c3cccc4c3ccc3ccccc34)cc2)c2ccc(-c3cccc4oc5ccccc5c34)cc2)c(-c2ccc(-c3cccc4ccccc34)cc2)c1. The molecule has 0 N–H and O–H groups in total. The van der Waals surface area contributed by atoms with E-state index in [4.69, 9.17) is 4.42 Å². The molecule has 1 heterocycles. The fourth-order valence-electron chi connectivity index (χ4n) is 9.53. The zero-order chi connectivity index (χ0) is 41.0. The molecule has 1 aromatic heterocycles. The Morgan fingerprint density at radius 2 is 0.710 bits per heavy atom. The third kappa shape index (κ3) is 6.04. The van der Waals surface area contributed by atoms with Gasteiger partial charge in [0.05, 0.1) is 5.69 Å². The van der Waals surface area contributed by atoms with E-state index in [1.165, 1.54) is 54.6 Å². The first-order valence-electron chi connectivity index (χ1n) is 21.2. The molecular formula is C60H39NO. The lowest BCUT2D eigenvalue weighted by molar-refractivity contribution is 0.669. The monoisotopic (exact) mass is 789 g/mol. The Hall–Kier alpha value is -8.20. The molecule has 2 heteroatoms. The number of anilines is 3. The van der Waals surface area contributed by atoms with Gasteiger partial charge in [0.15, 0.2) is 0 Å². The van der Waals surface area contributed by atoms with Gasteiger partial charge in [-0.3, -0.25) is 0 Å². The lowest BCUT2D eigenvalue weighted by Crippen LogP contribution is -2.11. The van der Waals surface area contributed by atoms with Gasteiger partial charge in [-0.2, -0.15) is 0 Å². The Morgan fingerprint density at radius 1 is 0.258 bits per heavy atom. The third-order valence-corrected chi connectivity index (χ3v) is 12.5. The molecule has 0 bridgehead atoms. The molecule has 0 radical (unpaired) electrons. The van der Waals surface area contributed by atoms with Crippen molar-refractivity contribution in [3.8, 4) is 44.5 Å². The highest BCUT2D eigenvalue weighted by Gasteiger charge is 2.19. The smallest absolute Gasteiger partial charge is 0.136 e. The summed E-state index contributed by atoms with van der Waals surface area (Å²) >= 11 is 0. The predicted molar refractivity (Wildman–Crippen MR) is 263 cm³/mol. The van der Waals surface area contributed by atoms with Gasteiger partial charge in [-0.05, 0) is 114 Å². The largest absolute Gasteiger partial charge is 0.456 e. The fourth-order valence-corrected chi connectivity index (χ4v) is 9.53. The van der Waals surface area contributed by atoms with Crippen molar-refractivity contribution in [1.29, 1.82) is 0 Å². The molecule has 0 spiro atoms. The molecule has 0 aliphatic carbocycles. The third-order valence-electron chi connectivity index (χ3n) is 12.5. The van der Waals surface area contributed by atoms with Crippen molar-refractivity contribution in [2.45, 2.75) is 0 Å². The lowest BCUT2D eigenvalue weighted by atomic mass is 9.94. The normalized spacial score (nSPS) is 11.5. The van der Waals surface area contributed by atoms with Crippen LogP contribution in [0.3, 0.4) is 0 Å². The van der Waals surface area contributed by atoms with Crippen molar-refractivity contribution in [2.75, 3.05) is 4.90 Å². The van der Waals surface area contributed by atoms with E-state index in [1.54, 1.807) is 0 Å². The van der Waals surface area contributed by atoms with Gasteiger partial charge in [-0.25, -0.2) is 0 Å². The van der Waals surface area contributed by atoms with Crippen molar-refractivity contribution in [1.82, 2.24) is 0 Å². The van der Waals surface area contributed by atoms with Gasteiger partial charge in [0.1, 0.15) is 11.2 Å². The van der Waals surface area contributed by atoms with Gasteiger partial charge in [0.2, 0.25) is 0 Å². The first kappa shape index (κ1) is 35.7. The number of fused-ring (bicyclic) bond motifs is 7. The van der Waals surface area contributed by atoms with Crippen LogP contribution in [-0.4, -0.2) is 0 Å². The molecule has 62 heavy (non-hydrogen) atoms. The highest BCUT2D eigenvalue weighted by atomic mass is 16.3. The average molecular weight is 790 g/mol. The number of rotatable bonds is 7. The van der Waals surface area contributed by atoms with Crippen LogP contribution in [0, 0.1) is 0 Å². The van der Waals surface area contributed by atoms with E-state index in [0.29, 0.717) is 0 Å². The van der Waals surface area contributed by atoms with Gasteiger partial charge in [0, 0.05) is 27.7 Å². The molecule has 0 aliphatic heterocycles. The van der Waals surface area contributed by atoms with Crippen LogP contribution in [0.5, 0.6) is 0 Å². The summed E-state index contributed by atoms with van der Waals surface area (Å²) in [5, 5.41) is 9.83. The molecule has 0 fully saturated rings. The molecule has 0 amide bonds. The summed E-state index contributed by atoms with van der Waals surface area (Å²) < 4.78 is 6.27. The lowest BCUT2D eigenvalue weighted by Gasteiger charge is -2.28. The van der Waals surface area contributed by atoms with Crippen molar-refractivity contribution >= 4 is 71.3 Å². The second-order valence-electron chi connectivity index (χ2n) is 16.0. The maximum Gasteiger partial charge on any atom is 0.136 e. The first-order chi connectivity index (χ1) is 30.7. The molecule has 290 valence electrons. The zero-order valence-corrected chi connectivity index (χ0v) is 33.9. The van der Waals surface area contributed by atoms with Crippen LogP contribution < -0.4 is 4.90 Å². The van der Waals surface area contributed by atoms with Gasteiger partial charge in [-0.15, -0.1) is 0 Å². The molecule has 0 saturated heterocycles. The van der Waals surface area contributed by atoms with Crippen LogP contribution in [-0.2, 0) is 0 Å². The summed E-state index contributed by atoms with van der Waals surface area (Å²) in [6.07, 6.45) is 0. The zero-order valence-electron chi connectivity index (χ0n) is 33.9. The van der Waals surface area contributed by atoms with Crippen molar-refractivity contribution < 1.29 is 4.42 Å². The minimum atomic E-state index is 0.897. The van der Waals surface area contributed by atoms with Crippen molar-refractivity contribution in [3.05, 3.63) is 237 Å². The van der Waals surface area contributed by atoms with Crippen LogP contribution >= 0.6 is 0 Å². The van der Waals surface area contributed by atoms with Crippen LogP contribution in [0.4, 0.5) is 17.1 Å². The standard InChI is InChI=1S/C60H39NO/c1-3-15-48-40(12-1)14-9-19-49(48)42-26-28-44(29-27-42)52-17-5-7-23-57(52)61(47-37-32-45(33-38-47)53-21-11-25-59-60(53)56-18-6-8-24-58(56)62-59)46-35-30-43(31-36-46)51-20-10-22-54-50-16-4-2-13-41(50)34-39-55(51)54/h1-39H. The van der Waals surface area contributed by atoms with E-state index in [9.17, 15) is 0 Å². The van der Waals surface area contributed by atoms with Crippen molar-refractivity contribution in [2.24, 2.45) is 0 Å². The minimum Gasteiger partial charge on any atom is -0.456 e. The van der Waals surface area contributed by atoms with Crippen molar-refractivity contribution in [3.63, 3.8) is 0 Å². The van der Waals surface area contributed by atoms with Crippen LogP contribution in [0.25, 0.3) is 98.8 Å². The molecule has 0 aliphatic rings. The predicted octanol–water partition coefficient (Wildman–Crippen LogP) is 17.2. The van der Waals surface area contributed by atoms with E-state index in [0.717, 1.165) is 61.3 Å². The second kappa shape index (κ2) is 14.8. The molecule has 11 aromatic carbocycles. The van der Waals surface area contributed by atoms with E-state index in [-0.39, 0.29) is 0 Å². The van der Waals surface area contributed by atoms with E-state index >= 15 is 0 Å². The molecule has 0 unspecified atom stereocenters. The Kier molecular flexibility index (Phi) is 8.53. The Bertz CT molecular complexity index is 3610. The van der Waals surface area contributed by atoms with E-state index in [1.807, 2.05) is 12.1 Å². The summed E-state index contributed by atoms with van der Waals surface area (Å²) in [6, 6.07) is 85.5. The fraction of sp³-hybridized carbons (Fsp3) is 0. The Morgan fingerprint density at radius 3 is 1.45 bits per heavy atom. The Balaban J connectivity index is 0.977. The molecule has 0 atom stereocenters. The van der Waals surface area contributed by atoms with E-state index < -0.39 is 0 Å². The van der Waals surface area contributed by atoms with Crippen LogP contribution in [0.15, 0.2) is 241 Å². The number of benzene rings is 11. The van der Waals surface area contributed by atoms with Crippen LogP contribution in [0.1, 0.15) is 0 Å². The number of hydrogen-bond donors (Lipinski definition) is 0. The first-order valence-corrected chi connectivity index (χ1v) is 21.2. The Labute approximate surface area is 360 Å². The average Bonchev–Trinajstić information content (AvgIpc) is 3.74. The highest BCUT2D eigenvalue weighted by molar-refractivity contribution is 6.13. The summed E-state index contributed by atoms with van der Waals surface area (Å²) in [4.78, 5) is 2.39. The summed E-state index contributed by atoms with van der Waals surface area (Å²) in [5.41, 5.74) is 14.5. The summed E-state index contributed by atoms with van der Waals surface area (Å²) in [5.74, 6) is 0. The van der Waals surface area contributed by atoms with Gasteiger partial charge >= 0.3 is 0 Å². The summed E-state index contributed by atoms with van der Waals surface area (Å²) in [6.45, 7) is 0. The van der Waals surface area contributed by atoms with Gasteiger partial charge in [-0.1, -0.05) is 194 Å². The molecular weight excluding hydrogens is 751 g/mol. The minimum absolute atomic E-state index is 0.897. The number of para-hydroxylation sites is 2. The van der Waals surface area contributed by atoms with Crippen LogP contribution in [0.2, 0.25) is 0 Å². The number of furan rings is 1. The second-order valence-corrected chi connectivity index (χ2v) is 16.0. The summed E-state index contributed by atoms with van der Waals surface area (Å²) in [7, 11) is 0. The topological polar surface area (TPSA) is 16.4 Å². The van der Waals surface area contributed by atoms with Gasteiger partial charge < -0.3 is 9.32 Å². The highest BCUT2D eigenvalue weighted by Crippen LogP contribution is 2.44. The van der Waals surface area contributed by atoms with Gasteiger partial charge in [0.25, 0.3) is 0 Å². The number of nitrogens with zero attached hydrogens (tertiary/aromatic N) is 1. The molecule has 12 rings (SSSR count). The quantitative estimate of drug-likeness (QED) is 0.150. The number of hydrogen-bond acceptors (Lipinski definition) is 2. The maximum atomic E-state index is 6.27. The molecule has 12 aromatic rings.